The summed E-state index contributed by atoms with van der Waals surface area (Å²) in [5.74, 6) is 1.41. The molecule has 5 nitrogen and oxygen atoms in total. The van der Waals surface area contributed by atoms with Gasteiger partial charge >= 0.3 is 0 Å². The van der Waals surface area contributed by atoms with Crippen molar-refractivity contribution in [1.29, 1.82) is 0 Å². The average molecular weight is 334 g/mol. The van der Waals surface area contributed by atoms with E-state index in [2.05, 4.69) is 24.5 Å². The maximum Gasteiger partial charge on any atom is 0.252 e. The Bertz CT molecular complexity index is 525. The van der Waals surface area contributed by atoms with Crippen LogP contribution >= 0.6 is 0 Å². The fraction of sp³-hybridized carbons (Fsp3) is 0.632. The number of hydrogen-bond acceptors (Lipinski definition) is 4. The maximum absolute atomic E-state index is 12.6. The SMILES string of the molecule is COC1(C(=O)NCc2ccccc2OCCC(C)C)CCNCC1. The van der Waals surface area contributed by atoms with Gasteiger partial charge in [0.05, 0.1) is 6.61 Å². The van der Waals surface area contributed by atoms with E-state index in [1.165, 1.54) is 0 Å². The Balaban J connectivity index is 1.94. The lowest BCUT2D eigenvalue weighted by Gasteiger charge is -2.34. The number of carbonyl (C=O) groups excluding carboxylic acids is 1. The van der Waals surface area contributed by atoms with Crippen LogP contribution in [0.1, 0.15) is 38.7 Å². The first kappa shape index (κ1) is 18.7. The summed E-state index contributed by atoms with van der Waals surface area (Å²) < 4.78 is 11.5. The van der Waals surface area contributed by atoms with E-state index in [0.717, 1.165) is 30.8 Å². The fourth-order valence-corrected chi connectivity index (χ4v) is 2.89. The Morgan fingerprint density at radius 3 is 2.67 bits per heavy atom. The highest BCUT2D eigenvalue weighted by Crippen LogP contribution is 2.24. The Morgan fingerprint density at radius 2 is 2.00 bits per heavy atom. The molecule has 0 unspecified atom stereocenters. The van der Waals surface area contributed by atoms with Gasteiger partial charge in [0.25, 0.3) is 5.91 Å². The number of hydrogen-bond donors (Lipinski definition) is 2. The lowest BCUT2D eigenvalue weighted by Crippen LogP contribution is -2.53. The number of nitrogens with one attached hydrogen (secondary N) is 2. The predicted octanol–water partition coefficient (Wildman–Crippen LogP) is 2.50. The molecule has 0 bridgehead atoms. The van der Waals surface area contributed by atoms with Crippen LogP contribution in [0.3, 0.4) is 0 Å². The van der Waals surface area contributed by atoms with Crippen molar-refractivity contribution in [1.82, 2.24) is 10.6 Å². The first-order valence-corrected chi connectivity index (χ1v) is 8.82. The minimum atomic E-state index is -0.710. The van der Waals surface area contributed by atoms with Crippen LogP contribution in [-0.4, -0.2) is 38.3 Å². The molecule has 1 aromatic rings. The van der Waals surface area contributed by atoms with Crippen molar-refractivity contribution in [2.45, 2.75) is 45.3 Å². The summed E-state index contributed by atoms with van der Waals surface area (Å²) in [6.45, 7) is 7.11. The first-order chi connectivity index (χ1) is 11.6. The lowest BCUT2D eigenvalue weighted by molar-refractivity contribution is -0.146. The van der Waals surface area contributed by atoms with Crippen molar-refractivity contribution in [3.63, 3.8) is 0 Å². The van der Waals surface area contributed by atoms with Crippen molar-refractivity contribution in [3.8, 4) is 5.75 Å². The molecule has 1 amide bonds. The first-order valence-electron chi connectivity index (χ1n) is 8.82. The summed E-state index contributed by atoms with van der Waals surface area (Å²) in [5.41, 5.74) is 0.286. The zero-order chi connectivity index (χ0) is 17.4. The third kappa shape index (κ3) is 4.95. The second-order valence-corrected chi connectivity index (χ2v) is 6.77. The number of rotatable bonds is 8. The molecule has 24 heavy (non-hydrogen) atoms. The number of benzene rings is 1. The van der Waals surface area contributed by atoms with Gasteiger partial charge in [0, 0.05) is 19.2 Å². The minimum Gasteiger partial charge on any atom is -0.493 e. The van der Waals surface area contributed by atoms with Crippen molar-refractivity contribution in [2.75, 3.05) is 26.8 Å². The average Bonchev–Trinajstić information content (AvgIpc) is 2.61. The fourth-order valence-electron chi connectivity index (χ4n) is 2.89. The van der Waals surface area contributed by atoms with Gasteiger partial charge in [-0.3, -0.25) is 4.79 Å². The van der Waals surface area contributed by atoms with Crippen LogP contribution in [0, 0.1) is 5.92 Å². The van der Waals surface area contributed by atoms with Gasteiger partial charge < -0.3 is 20.1 Å². The highest BCUT2D eigenvalue weighted by Gasteiger charge is 2.39. The smallest absolute Gasteiger partial charge is 0.252 e. The van der Waals surface area contributed by atoms with Crippen LogP contribution in [0.15, 0.2) is 24.3 Å². The van der Waals surface area contributed by atoms with Crippen molar-refractivity contribution in [3.05, 3.63) is 29.8 Å². The van der Waals surface area contributed by atoms with Crippen molar-refractivity contribution >= 4 is 5.91 Å². The van der Waals surface area contributed by atoms with E-state index < -0.39 is 5.60 Å². The normalized spacial score (nSPS) is 16.8. The number of methoxy groups -OCH3 is 1. The number of carbonyl (C=O) groups is 1. The van der Waals surface area contributed by atoms with E-state index >= 15 is 0 Å². The molecule has 0 saturated carbocycles. The predicted molar refractivity (Wildman–Crippen MR) is 95.1 cm³/mol. The topological polar surface area (TPSA) is 59.6 Å². The van der Waals surface area contributed by atoms with Crippen LogP contribution in [0.2, 0.25) is 0 Å². The molecular formula is C19H30N2O3. The second kappa shape index (κ2) is 9.04. The number of ether oxygens (including phenoxy) is 2. The van der Waals surface area contributed by atoms with E-state index in [1.54, 1.807) is 7.11 Å². The van der Waals surface area contributed by atoms with Gasteiger partial charge in [-0.1, -0.05) is 32.0 Å². The summed E-state index contributed by atoms with van der Waals surface area (Å²) in [4.78, 5) is 12.6. The monoisotopic (exact) mass is 334 g/mol. The Morgan fingerprint density at radius 1 is 1.29 bits per heavy atom. The quantitative estimate of drug-likeness (QED) is 0.767. The van der Waals surface area contributed by atoms with E-state index in [4.69, 9.17) is 9.47 Å². The van der Waals surface area contributed by atoms with Gasteiger partial charge in [-0.15, -0.1) is 0 Å². The van der Waals surface area contributed by atoms with E-state index in [0.29, 0.717) is 31.9 Å². The lowest BCUT2D eigenvalue weighted by atomic mass is 9.91. The molecule has 0 spiro atoms. The largest absolute Gasteiger partial charge is 0.493 e. The Labute approximate surface area is 145 Å². The van der Waals surface area contributed by atoms with Gasteiger partial charge in [0.15, 0.2) is 0 Å². The molecule has 134 valence electrons. The van der Waals surface area contributed by atoms with Gasteiger partial charge in [-0.25, -0.2) is 0 Å². The molecule has 2 N–H and O–H groups in total. The van der Waals surface area contributed by atoms with Crippen LogP contribution in [0.5, 0.6) is 5.75 Å². The third-order valence-corrected chi connectivity index (χ3v) is 4.58. The number of piperidine rings is 1. The molecule has 1 heterocycles. The molecule has 5 heteroatoms. The number of para-hydroxylation sites is 1. The highest BCUT2D eigenvalue weighted by atomic mass is 16.5. The summed E-state index contributed by atoms with van der Waals surface area (Å²) in [6, 6.07) is 7.87. The van der Waals surface area contributed by atoms with Gasteiger partial charge in [0.2, 0.25) is 0 Å². The van der Waals surface area contributed by atoms with Crippen LogP contribution in [0.4, 0.5) is 0 Å². The van der Waals surface area contributed by atoms with Gasteiger partial charge in [-0.05, 0) is 44.3 Å². The van der Waals surface area contributed by atoms with Gasteiger partial charge in [-0.2, -0.15) is 0 Å². The zero-order valence-electron chi connectivity index (χ0n) is 15.1. The second-order valence-electron chi connectivity index (χ2n) is 6.77. The van der Waals surface area contributed by atoms with E-state index in [-0.39, 0.29) is 5.91 Å². The molecule has 1 aliphatic rings. The third-order valence-electron chi connectivity index (χ3n) is 4.58. The molecule has 1 aliphatic heterocycles. The molecule has 0 aromatic heterocycles. The summed E-state index contributed by atoms with van der Waals surface area (Å²) >= 11 is 0. The maximum atomic E-state index is 12.6. The molecule has 0 aliphatic carbocycles. The standard InChI is InChI=1S/C19H30N2O3/c1-15(2)8-13-24-17-7-5-4-6-16(17)14-21-18(22)19(23-3)9-11-20-12-10-19/h4-7,15,20H,8-14H2,1-3H3,(H,21,22). The van der Waals surface area contributed by atoms with Crippen molar-refractivity contribution in [2.24, 2.45) is 5.92 Å². The minimum absolute atomic E-state index is 0.0384. The summed E-state index contributed by atoms with van der Waals surface area (Å²) in [6.07, 6.45) is 2.41. The Hall–Kier alpha value is -1.59. The zero-order valence-corrected chi connectivity index (χ0v) is 15.1. The molecule has 1 saturated heterocycles. The molecular weight excluding hydrogens is 304 g/mol. The number of amides is 1. The molecule has 1 aromatic carbocycles. The van der Waals surface area contributed by atoms with Crippen molar-refractivity contribution < 1.29 is 14.3 Å². The summed E-state index contributed by atoms with van der Waals surface area (Å²) in [5, 5.41) is 6.29. The Kier molecular flexibility index (Phi) is 7.06. The molecule has 2 rings (SSSR count). The summed E-state index contributed by atoms with van der Waals surface area (Å²) in [7, 11) is 1.62. The van der Waals surface area contributed by atoms with Crippen LogP contribution < -0.4 is 15.4 Å². The van der Waals surface area contributed by atoms with Gasteiger partial charge in [0.1, 0.15) is 11.4 Å². The van der Waals surface area contributed by atoms with Crippen LogP contribution in [0.25, 0.3) is 0 Å². The molecule has 1 fully saturated rings. The highest BCUT2D eigenvalue weighted by molar-refractivity contribution is 5.85. The van der Waals surface area contributed by atoms with E-state index in [1.807, 2.05) is 24.3 Å². The van der Waals surface area contributed by atoms with Crippen LogP contribution in [-0.2, 0) is 16.1 Å². The molecule has 0 atom stereocenters. The molecule has 0 radical (unpaired) electrons. The van der Waals surface area contributed by atoms with E-state index in [9.17, 15) is 4.79 Å².